The highest BCUT2D eigenvalue weighted by molar-refractivity contribution is 5.09. The summed E-state index contributed by atoms with van der Waals surface area (Å²) in [7, 11) is 0. The maximum atomic E-state index is 6.12. The number of fused-ring (bicyclic) bond motifs is 7. The van der Waals surface area contributed by atoms with Gasteiger partial charge < -0.3 is 15.0 Å². The summed E-state index contributed by atoms with van der Waals surface area (Å²) in [5.41, 5.74) is 1.54. The van der Waals surface area contributed by atoms with Crippen LogP contribution in [-0.4, -0.2) is 72.9 Å². The molecular formula is C23H39N3O. The minimum absolute atomic E-state index is 0.270. The van der Waals surface area contributed by atoms with Gasteiger partial charge >= 0.3 is 0 Å². The Hall–Kier alpha value is -0.160. The van der Waals surface area contributed by atoms with Gasteiger partial charge in [0.2, 0.25) is 0 Å². The molecule has 4 nitrogen and oxygen atoms in total. The van der Waals surface area contributed by atoms with Crippen molar-refractivity contribution in [1.29, 1.82) is 0 Å². The monoisotopic (exact) mass is 373 g/mol. The van der Waals surface area contributed by atoms with E-state index in [0.29, 0.717) is 23.0 Å². The predicted octanol–water partition coefficient (Wildman–Crippen LogP) is 3.02. The Bertz CT molecular complexity index is 574. The molecule has 0 radical (unpaired) electrons. The summed E-state index contributed by atoms with van der Waals surface area (Å²) in [6, 6.07) is 1.49. The maximum Gasteiger partial charge on any atom is 0.0747 e. The zero-order chi connectivity index (χ0) is 18.1. The van der Waals surface area contributed by atoms with Crippen molar-refractivity contribution >= 4 is 0 Å². The molecule has 0 spiro atoms. The number of nitrogens with one attached hydrogen (secondary N) is 1. The van der Waals surface area contributed by atoms with Gasteiger partial charge in [-0.15, -0.1) is 0 Å². The second-order valence-corrected chi connectivity index (χ2v) is 11.6. The molecule has 4 heteroatoms. The molecule has 7 heterocycles. The molecule has 0 saturated carbocycles. The first-order valence-corrected chi connectivity index (χ1v) is 11.9. The van der Waals surface area contributed by atoms with E-state index in [1.165, 1.54) is 96.9 Å². The normalized spacial score (nSPS) is 56.6. The quantitative estimate of drug-likeness (QED) is 0.820. The molecule has 7 rings (SSSR count). The Morgan fingerprint density at radius 1 is 0.963 bits per heavy atom. The van der Waals surface area contributed by atoms with Gasteiger partial charge in [0.25, 0.3) is 0 Å². The molecule has 152 valence electrons. The van der Waals surface area contributed by atoms with Crippen LogP contribution in [0.1, 0.15) is 71.1 Å². The van der Waals surface area contributed by atoms with E-state index in [4.69, 9.17) is 4.74 Å². The standard InChI is InChI=1S/C23H39N3O/c1-21-15-20(27-17-21)19(24-21)14-23-4-2-9-26(16-23)18(3-5-23)13-22-6-10-25(11-7-22)12-8-22/h18-20,24H,2-17H2,1H3. The van der Waals surface area contributed by atoms with Crippen LogP contribution >= 0.6 is 0 Å². The molecule has 27 heavy (non-hydrogen) atoms. The molecule has 0 aromatic carbocycles. The number of ether oxygens (including phenoxy) is 1. The van der Waals surface area contributed by atoms with Crippen molar-refractivity contribution in [2.75, 3.05) is 39.3 Å². The molecule has 1 N–H and O–H groups in total. The van der Waals surface area contributed by atoms with E-state index in [2.05, 4.69) is 22.0 Å². The molecule has 6 atom stereocenters. The fourth-order valence-electron chi connectivity index (χ4n) is 8.02. The molecular weight excluding hydrogens is 334 g/mol. The molecule has 0 amide bonds. The van der Waals surface area contributed by atoms with Crippen LogP contribution in [0.2, 0.25) is 0 Å². The number of morpholine rings is 1. The molecule has 6 bridgehead atoms. The van der Waals surface area contributed by atoms with E-state index >= 15 is 0 Å². The fourth-order valence-corrected chi connectivity index (χ4v) is 8.02. The molecule has 6 unspecified atom stereocenters. The second kappa shape index (κ2) is 6.17. The van der Waals surface area contributed by atoms with Gasteiger partial charge in [-0.2, -0.15) is 0 Å². The van der Waals surface area contributed by atoms with Gasteiger partial charge in [-0.05, 0) is 108 Å². The van der Waals surface area contributed by atoms with E-state index in [1.807, 2.05) is 0 Å². The third-order valence-corrected chi connectivity index (χ3v) is 9.66. The maximum absolute atomic E-state index is 6.12. The highest BCUT2D eigenvalue weighted by Gasteiger charge is 2.53. The van der Waals surface area contributed by atoms with E-state index in [-0.39, 0.29) is 5.54 Å². The topological polar surface area (TPSA) is 27.7 Å². The Morgan fingerprint density at radius 3 is 2.48 bits per heavy atom. The first-order chi connectivity index (χ1) is 13.0. The summed E-state index contributed by atoms with van der Waals surface area (Å²) >= 11 is 0. The zero-order valence-corrected chi connectivity index (χ0v) is 17.3. The molecule has 0 aromatic heterocycles. The summed E-state index contributed by atoms with van der Waals surface area (Å²) < 4.78 is 6.12. The van der Waals surface area contributed by atoms with E-state index in [0.717, 1.165) is 12.6 Å². The molecule has 7 fully saturated rings. The summed E-state index contributed by atoms with van der Waals surface area (Å²) in [4.78, 5) is 5.64. The Kier molecular flexibility index (Phi) is 4.04. The number of hydrogen-bond acceptors (Lipinski definition) is 4. The second-order valence-electron chi connectivity index (χ2n) is 11.6. The van der Waals surface area contributed by atoms with Gasteiger partial charge in [-0.25, -0.2) is 0 Å². The number of rotatable bonds is 4. The van der Waals surface area contributed by atoms with E-state index in [1.54, 1.807) is 0 Å². The average Bonchev–Trinajstić information content (AvgIpc) is 3.21. The third-order valence-electron chi connectivity index (χ3n) is 9.66. The predicted molar refractivity (Wildman–Crippen MR) is 108 cm³/mol. The van der Waals surface area contributed by atoms with Crippen LogP contribution in [0, 0.1) is 10.8 Å². The molecule has 0 aromatic rings. The van der Waals surface area contributed by atoms with Crippen LogP contribution < -0.4 is 5.32 Å². The van der Waals surface area contributed by atoms with Crippen molar-refractivity contribution in [3.63, 3.8) is 0 Å². The van der Waals surface area contributed by atoms with Crippen LogP contribution in [0.5, 0.6) is 0 Å². The molecule has 0 aliphatic carbocycles. The number of piperidine rings is 5. The smallest absolute Gasteiger partial charge is 0.0747 e. The molecule has 7 aliphatic heterocycles. The van der Waals surface area contributed by atoms with Crippen molar-refractivity contribution in [2.45, 2.75) is 94.9 Å². The van der Waals surface area contributed by atoms with E-state index in [9.17, 15) is 0 Å². The lowest BCUT2D eigenvalue weighted by Crippen LogP contribution is -2.58. The Balaban J connectivity index is 1.12. The van der Waals surface area contributed by atoms with Crippen LogP contribution in [0.15, 0.2) is 0 Å². The zero-order valence-electron chi connectivity index (χ0n) is 17.3. The fraction of sp³-hybridized carbons (Fsp3) is 1.00. The molecule has 7 aliphatic rings. The lowest BCUT2D eigenvalue weighted by molar-refractivity contribution is -0.0612. The Morgan fingerprint density at radius 2 is 1.78 bits per heavy atom. The van der Waals surface area contributed by atoms with Crippen molar-refractivity contribution in [3.8, 4) is 0 Å². The first-order valence-electron chi connectivity index (χ1n) is 11.9. The van der Waals surface area contributed by atoms with Gasteiger partial charge in [-0.3, -0.25) is 4.90 Å². The Labute approximate surface area is 165 Å². The van der Waals surface area contributed by atoms with E-state index < -0.39 is 0 Å². The highest BCUT2D eigenvalue weighted by Crippen LogP contribution is 2.51. The van der Waals surface area contributed by atoms with Crippen LogP contribution in [0.4, 0.5) is 0 Å². The highest BCUT2D eigenvalue weighted by atomic mass is 16.5. The van der Waals surface area contributed by atoms with Gasteiger partial charge in [0.05, 0.1) is 12.7 Å². The largest absolute Gasteiger partial charge is 0.375 e. The van der Waals surface area contributed by atoms with Gasteiger partial charge in [0.1, 0.15) is 0 Å². The summed E-state index contributed by atoms with van der Waals surface area (Å²) in [6.45, 7) is 10.2. The minimum atomic E-state index is 0.270. The summed E-state index contributed by atoms with van der Waals surface area (Å²) in [5.74, 6) is 0. The van der Waals surface area contributed by atoms with Gasteiger partial charge in [0, 0.05) is 24.2 Å². The van der Waals surface area contributed by atoms with Gasteiger partial charge in [-0.1, -0.05) is 0 Å². The van der Waals surface area contributed by atoms with Crippen LogP contribution in [0.3, 0.4) is 0 Å². The van der Waals surface area contributed by atoms with Crippen molar-refractivity contribution in [3.05, 3.63) is 0 Å². The average molecular weight is 374 g/mol. The van der Waals surface area contributed by atoms with Gasteiger partial charge in [0.15, 0.2) is 0 Å². The minimum Gasteiger partial charge on any atom is -0.375 e. The van der Waals surface area contributed by atoms with Crippen molar-refractivity contribution in [2.24, 2.45) is 10.8 Å². The van der Waals surface area contributed by atoms with Crippen LogP contribution in [-0.2, 0) is 4.74 Å². The van der Waals surface area contributed by atoms with Crippen molar-refractivity contribution in [1.82, 2.24) is 15.1 Å². The summed E-state index contributed by atoms with van der Waals surface area (Å²) in [5, 5.41) is 3.96. The first kappa shape index (κ1) is 17.7. The lowest BCUT2D eigenvalue weighted by Gasteiger charge is -2.56. The lowest BCUT2D eigenvalue weighted by atomic mass is 9.63. The number of nitrogens with zero attached hydrogens (tertiary/aromatic N) is 2. The summed E-state index contributed by atoms with van der Waals surface area (Å²) in [6.07, 6.45) is 14.8. The third kappa shape index (κ3) is 3.01. The number of hydrogen-bond donors (Lipinski definition) is 1. The molecule has 7 saturated heterocycles. The van der Waals surface area contributed by atoms with Crippen molar-refractivity contribution < 1.29 is 4.74 Å². The SMILES string of the molecule is CC12COC(C1)C(CC13CCCN(C1)C(CC14CCN(CC1)CC4)CC3)N2. The van der Waals surface area contributed by atoms with Crippen LogP contribution in [0.25, 0.3) is 0 Å².